The zero-order valence-electron chi connectivity index (χ0n) is 14.2. The number of hydrogen-bond acceptors (Lipinski definition) is 3. The summed E-state index contributed by atoms with van der Waals surface area (Å²) in [7, 11) is 1.70. The number of benzene rings is 1. The Kier molecular flexibility index (Phi) is 8.21. The van der Waals surface area contributed by atoms with Crippen molar-refractivity contribution in [3.05, 3.63) is 23.8 Å². The van der Waals surface area contributed by atoms with E-state index in [0.29, 0.717) is 5.92 Å². The van der Waals surface area contributed by atoms with E-state index in [-0.39, 0.29) is 6.10 Å². The monoisotopic (exact) mass is 293 g/mol. The SMILES string of the molecule is CCCC(CNCC(C)C)Oc1ccc(CC)cc1OC. The molecule has 1 aromatic carbocycles. The minimum absolute atomic E-state index is 0.190. The summed E-state index contributed by atoms with van der Waals surface area (Å²) in [6, 6.07) is 6.21. The van der Waals surface area contributed by atoms with Crippen LogP contribution < -0.4 is 14.8 Å². The maximum absolute atomic E-state index is 6.17. The molecule has 0 aromatic heterocycles. The molecule has 0 radical (unpaired) electrons. The predicted molar refractivity (Wildman–Crippen MR) is 89.4 cm³/mol. The summed E-state index contributed by atoms with van der Waals surface area (Å²) >= 11 is 0. The predicted octanol–water partition coefficient (Wildman–Crippen LogP) is 4.05. The van der Waals surface area contributed by atoms with Crippen LogP contribution in [0.25, 0.3) is 0 Å². The van der Waals surface area contributed by atoms with E-state index in [9.17, 15) is 0 Å². The Morgan fingerprint density at radius 1 is 1.10 bits per heavy atom. The van der Waals surface area contributed by atoms with Crippen LogP contribution >= 0.6 is 0 Å². The molecule has 21 heavy (non-hydrogen) atoms. The van der Waals surface area contributed by atoms with Crippen molar-refractivity contribution in [3.8, 4) is 11.5 Å². The van der Waals surface area contributed by atoms with Gasteiger partial charge in [0.05, 0.1) is 7.11 Å². The van der Waals surface area contributed by atoms with E-state index in [1.54, 1.807) is 7.11 Å². The normalized spacial score (nSPS) is 12.5. The molecule has 0 aliphatic heterocycles. The number of methoxy groups -OCH3 is 1. The fourth-order valence-corrected chi connectivity index (χ4v) is 2.27. The largest absolute Gasteiger partial charge is 0.493 e. The molecule has 3 heteroatoms. The van der Waals surface area contributed by atoms with Crippen LogP contribution in [0, 0.1) is 5.92 Å². The van der Waals surface area contributed by atoms with Crippen molar-refractivity contribution in [1.29, 1.82) is 0 Å². The molecule has 0 bridgehead atoms. The summed E-state index contributed by atoms with van der Waals surface area (Å²) in [4.78, 5) is 0. The highest BCUT2D eigenvalue weighted by Crippen LogP contribution is 2.29. The van der Waals surface area contributed by atoms with Crippen LogP contribution in [-0.2, 0) is 6.42 Å². The number of aryl methyl sites for hydroxylation is 1. The van der Waals surface area contributed by atoms with Gasteiger partial charge in [-0.3, -0.25) is 0 Å². The van der Waals surface area contributed by atoms with Crippen LogP contribution in [0.4, 0.5) is 0 Å². The van der Waals surface area contributed by atoms with Gasteiger partial charge in [0, 0.05) is 6.54 Å². The highest BCUT2D eigenvalue weighted by Gasteiger charge is 2.13. The van der Waals surface area contributed by atoms with Gasteiger partial charge >= 0.3 is 0 Å². The average Bonchev–Trinajstić information content (AvgIpc) is 2.47. The van der Waals surface area contributed by atoms with Gasteiger partial charge in [-0.15, -0.1) is 0 Å². The molecule has 0 fully saturated rings. The molecule has 3 nitrogen and oxygen atoms in total. The average molecular weight is 293 g/mol. The Morgan fingerprint density at radius 3 is 2.43 bits per heavy atom. The zero-order valence-corrected chi connectivity index (χ0v) is 14.2. The minimum atomic E-state index is 0.190. The molecule has 1 unspecified atom stereocenters. The molecule has 0 heterocycles. The van der Waals surface area contributed by atoms with Crippen LogP contribution in [0.2, 0.25) is 0 Å². The van der Waals surface area contributed by atoms with Crippen molar-refractivity contribution >= 4 is 0 Å². The Bertz CT molecular complexity index is 404. The fraction of sp³-hybridized carbons (Fsp3) is 0.667. The van der Waals surface area contributed by atoms with E-state index in [2.05, 4.69) is 45.1 Å². The first-order valence-electron chi connectivity index (χ1n) is 8.14. The van der Waals surface area contributed by atoms with Gasteiger partial charge in [0.25, 0.3) is 0 Å². The number of nitrogens with one attached hydrogen (secondary N) is 1. The van der Waals surface area contributed by atoms with Gasteiger partial charge in [0.15, 0.2) is 11.5 Å². The minimum Gasteiger partial charge on any atom is -0.493 e. The molecule has 1 rings (SSSR count). The lowest BCUT2D eigenvalue weighted by Crippen LogP contribution is -2.33. The van der Waals surface area contributed by atoms with Crippen LogP contribution in [-0.4, -0.2) is 26.3 Å². The molecule has 0 saturated carbocycles. The van der Waals surface area contributed by atoms with E-state index in [0.717, 1.165) is 43.9 Å². The van der Waals surface area contributed by atoms with Crippen molar-refractivity contribution in [2.24, 2.45) is 5.92 Å². The molecule has 0 aliphatic carbocycles. The lowest BCUT2D eigenvalue weighted by molar-refractivity contribution is 0.178. The van der Waals surface area contributed by atoms with Gasteiger partial charge in [-0.2, -0.15) is 0 Å². The van der Waals surface area contributed by atoms with Gasteiger partial charge in [-0.1, -0.05) is 40.2 Å². The molecule has 120 valence electrons. The Balaban J connectivity index is 2.69. The molecular formula is C18H31NO2. The van der Waals surface area contributed by atoms with E-state index in [1.807, 2.05) is 6.07 Å². The number of rotatable bonds is 10. The molecule has 0 amide bonds. The lowest BCUT2D eigenvalue weighted by Gasteiger charge is -2.21. The maximum atomic E-state index is 6.17. The number of ether oxygens (including phenoxy) is 2. The van der Waals surface area contributed by atoms with Crippen molar-refractivity contribution in [2.45, 2.75) is 53.1 Å². The molecule has 0 saturated heterocycles. The summed E-state index contributed by atoms with van der Waals surface area (Å²) in [6.45, 7) is 10.7. The van der Waals surface area contributed by atoms with E-state index in [1.165, 1.54) is 5.56 Å². The molecule has 1 N–H and O–H groups in total. The highest BCUT2D eigenvalue weighted by molar-refractivity contribution is 5.43. The lowest BCUT2D eigenvalue weighted by atomic mass is 10.1. The first kappa shape index (κ1) is 17.8. The van der Waals surface area contributed by atoms with Gasteiger partial charge in [0.1, 0.15) is 6.10 Å². The van der Waals surface area contributed by atoms with Crippen molar-refractivity contribution < 1.29 is 9.47 Å². The first-order chi connectivity index (χ1) is 10.1. The van der Waals surface area contributed by atoms with Crippen LogP contribution in [0.5, 0.6) is 11.5 Å². The summed E-state index contributed by atoms with van der Waals surface area (Å²) in [5.74, 6) is 2.34. The summed E-state index contributed by atoms with van der Waals surface area (Å²) in [5.41, 5.74) is 1.27. The number of hydrogen-bond donors (Lipinski definition) is 1. The molecule has 1 aromatic rings. The van der Waals surface area contributed by atoms with Crippen molar-refractivity contribution in [1.82, 2.24) is 5.32 Å². The third kappa shape index (κ3) is 6.38. The smallest absolute Gasteiger partial charge is 0.161 e. The van der Waals surface area contributed by atoms with Crippen LogP contribution in [0.15, 0.2) is 18.2 Å². The van der Waals surface area contributed by atoms with Gasteiger partial charge in [0.2, 0.25) is 0 Å². The molecule has 1 atom stereocenters. The van der Waals surface area contributed by atoms with Crippen molar-refractivity contribution in [2.75, 3.05) is 20.2 Å². The Hall–Kier alpha value is -1.22. The van der Waals surface area contributed by atoms with E-state index in [4.69, 9.17) is 9.47 Å². The van der Waals surface area contributed by atoms with Gasteiger partial charge in [-0.05, 0) is 43.0 Å². The van der Waals surface area contributed by atoms with E-state index >= 15 is 0 Å². The highest BCUT2D eigenvalue weighted by atomic mass is 16.5. The second kappa shape index (κ2) is 9.67. The van der Waals surface area contributed by atoms with Gasteiger partial charge in [-0.25, -0.2) is 0 Å². The van der Waals surface area contributed by atoms with Crippen LogP contribution in [0.1, 0.15) is 46.1 Å². The molecule has 0 spiro atoms. The molecular weight excluding hydrogens is 262 g/mol. The third-order valence-corrected chi connectivity index (χ3v) is 3.47. The van der Waals surface area contributed by atoms with E-state index < -0.39 is 0 Å². The summed E-state index contributed by atoms with van der Waals surface area (Å²) < 4.78 is 11.6. The fourth-order valence-electron chi connectivity index (χ4n) is 2.27. The third-order valence-electron chi connectivity index (χ3n) is 3.47. The Morgan fingerprint density at radius 2 is 1.86 bits per heavy atom. The second-order valence-electron chi connectivity index (χ2n) is 5.92. The standard InChI is InChI=1S/C18H31NO2/c1-6-8-16(13-19-12-14(3)4)21-17-10-9-15(7-2)11-18(17)20-5/h9-11,14,16,19H,6-8,12-13H2,1-5H3. The Labute approximate surface area is 130 Å². The quantitative estimate of drug-likeness (QED) is 0.706. The summed E-state index contributed by atoms with van der Waals surface area (Å²) in [5, 5.41) is 3.48. The van der Waals surface area contributed by atoms with Crippen molar-refractivity contribution in [3.63, 3.8) is 0 Å². The van der Waals surface area contributed by atoms with Gasteiger partial charge < -0.3 is 14.8 Å². The topological polar surface area (TPSA) is 30.5 Å². The molecule has 0 aliphatic rings. The first-order valence-corrected chi connectivity index (χ1v) is 8.14. The maximum Gasteiger partial charge on any atom is 0.161 e. The summed E-state index contributed by atoms with van der Waals surface area (Å²) in [6.07, 6.45) is 3.35. The second-order valence-corrected chi connectivity index (χ2v) is 5.92. The zero-order chi connectivity index (χ0) is 15.7. The van der Waals surface area contributed by atoms with Crippen LogP contribution in [0.3, 0.4) is 0 Å².